The van der Waals surface area contributed by atoms with E-state index in [2.05, 4.69) is 4.74 Å². The predicted octanol–water partition coefficient (Wildman–Crippen LogP) is 3.10. The highest BCUT2D eigenvalue weighted by Gasteiger charge is 2.36. The molecule has 2 nitrogen and oxygen atoms in total. The Morgan fingerprint density at radius 3 is 2.00 bits per heavy atom. The van der Waals surface area contributed by atoms with Crippen molar-refractivity contribution < 1.29 is 31.8 Å². The number of rotatable bonds is 4. The minimum atomic E-state index is -4.83. The number of aliphatic hydroxyl groups is 1. The van der Waals surface area contributed by atoms with Gasteiger partial charge in [-0.15, -0.1) is 13.2 Å². The molecule has 0 aliphatic heterocycles. The molecule has 1 aromatic carbocycles. The van der Waals surface area contributed by atoms with E-state index >= 15 is 0 Å². The van der Waals surface area contributed by atoms with Crippen LogP contribution in [0.3, 0.4) is 0 Å². The molecule has 0 heterocycles. The Morgan fingerprint density at radius 2 is 1.67 bits per heavy atom. The first-order chi connectivity index (χ1) is 8.19. The van der Waals surface area contributed by atoms with Crippen LogP contribution in [0, 0.1) is 0 Å². The number of halogens is 5. The van der Waals surface area contributed by atoms with E-state index in [1.165, 1.54) is 0 Å². The second-order valence-electron chi connectivity index (χ2n) is 3.95. The average Bonchev–Trinajstić information content (AvgIpc) is 2.26. The smallest absolute Gasteiger partial charge is 0.406 e. The van der Waals surface area contributed by atoms with Crippen molar-refractivity contribution in [2.75, 3.05) is 6.61 Å². The molecule has 0 spiro atoms. The molecule has 0 aromatic heterocycles. The van der Waals surface area contributed by atoms with E-state index in [1.807, 2.05) is 0 Å². The maximum atomic E-state index is 12.8. The summed E-state index contributed by atoms with van der Waals surface area (Å²) in [4.78, 5) is 0. The zero-order chi connectivity index (χ0) is 14.0. The monoisotopic (exact) mass is 270 g/mol. The number of ether oxygens (including phenoxy) is 1. The van der Waals surface area contributed by atoms with Gasteiger partial charge in [-0.25, -0.2) is 8.78 Å². The Labute approximate surface area is 100.0 Å². The summed E-state index contributed by atoms with van der Waals surface area (Å²) in [5.41, 5.74) is -1.77. The van der Waals surface area contributed by atoms with Gasteiger partial charge in [0.15, 0.2) is 0 Å². The van der Waals surface area contributed by atoms with Crippen LogP contribution in [-0.2, 0) is 5.41 Å². The van der Waals surface area contributed by atoms with Gasteiger partial charge in [0.2, 0.25) is 6.43 Å². The third kappa shape index (κ3) is 3.32. The van der Waals surface area contributed by atoms with Crippen molar-refractivity contribution in [1.29, 1.82) is 0 Å². The molecule has 0 fully saturated rings. The summed E-state index contributed by atoms with van der Waals surface area (Å²) in [6.07, 6.45) is -7.67. The van der Waals surface area contributed by atoms with Crippen molar-refractivity contribution in [2.24, 2.45) is 0 Å². The fourth-order valence-corrected chi connectivity index (χ4v) is 1.32. The third-order valence-electron chi connectivity index (χ3n) is 2.56. The molecule has 0 unspecified atom stereocenters. The van der Waals surface area contributed by atoms with Crippen molar-refractivity contribution >= 4 is 0 Å². The highest BCUT2D eigenvalue weighted by molar-refractivity contribution is 5.32. The molecule has 0 saturated carbocycles. The highest BCUT2D eigenvalue weighted by atomic mass is 19.4. The van der Waals surface area contributed by atoms with Crippen molar-refractivity contribution in [3.63, 3.8) is 0 Å². The molecule has 1 aromatic rings. The number of benzene rings is 1. The molecule has 1 atom stereocenters. The highest BCUT2D eigenvalue weighted by Crippen LogP contribution is 2.32. The van der Waals surface area contributed by atoms with Crippen LogP contribution in [0.2, 0.25) is 0 Å². The van der Waals surface area contributed by atoms with Gasteiger partial charge in [0.25, 0.3) is 0 Å². The fourth-order valence-electron chi connectivity index (χ4n) is 1.32. The first kappa shape index (κ1) is 14.7. The zero-order valence-corrected chi connectivity index (χ0v) is 9.34. The first-order valence-electron chi connectivity index (χ1n) is 4.94. The molecule has 0 bridgehead atoms. The van der Waals surface area contributed by atoms with Gasteiger partial charge in [-0.05, 0) is 24.6 Å². The van der Waals surface area contributed by atoms with Crippen LogP contribution in [-0.4, -0.2) is 24.5 Å². The molecule has 1 rings (SSSR count). The van der Waals surface area contributed by atoms with Crippen LogP contribution in [0.1, 0.15) is 12.5 Å². The van der Waals surface area contributed by atoms with E-state index in [0.717, 1.165) is 31.2 Å². The first-order valence-corrected chi connectivity index (χ1v) is 4.94. The minimum absolute atomic E-state index is 0.0366. The van der Waals surface area contributed by atoms with Crippen molar-refractivity contribution in [1.82, 2.24) is 0 Å². The van der Waals surface area contributed by atoms with E-state index in [-0.39, 0.29) is 5.56 Å². The Balaban J connectivity index is 2.95. The van der Waals surface area contributed by atoms with Gasteiger partial charge in [0.05, 0.1) is 12.0 Å². The standard InChI is InChI=1S/C11H11F5O2/c1-10(6-17,9(12)13)7-2-4-8(5-3-7)18-11(14,15)16/h2-5,9,17H,6H2,1H3/t10-/m1/s1. The van der Waals surface area contributed by atoms with E-state index in [0.29, 0.717) is 0 Å². The molecule has 7 heteroatoms. The quantitative estimate of drug-likeness (QED) is 0.852. The lowest BCUT2D eigenvalue weighted by molar-refractivity contribution is -0.274. The van der Waals surface area contributed by atoms with E-state index in [9.17, 15) is 22.0 Å². The molecular weight excluding hydrogens is 259 g/mol. The summed E-state index contributed by atoms with van der Waals surface area (Å²) in [6, 6.07) is 4.01. The van der Waals surface area contributed by atoms with Crippen LogP contribution < -0.4 is 4.74 Å². The Hall–Kier alpha value is -1.37. The predicted molar refractivity (Wildman–Crippen MR) is 53.6 cm³/mol. The Kier molecular flexibility index (Phi) is 4.16. The second kappa shape index (κ2) is 5.09. The number of hydrogen-bond donors (Lipinski definition) is 1. The number of hydrogen-bond acceptors (Lipinski definition) is 2. The molecule has 1 N–H and O–H groups in total. The zero-order valence-electron chi connectivity index (χ0n) is 9.34. The lowest BCUT2D eigenvalue weighted by atomic mass is 9.84. The number of alkyl halides is 5. The molecule has 18 heavy (non-hydrogen) atoms. The van der Waals surface area contributed by atoms with Crippen LogP contribution in [0.15, 0.2) is 24.3 Å². The Bertz CT molecular complexity index is 387. The molecule has 0 radical (unpaired) electrons. The van der Waals surface area contributed by atoms with Crippen molar-refractivity contribution in [2.45, 2.75) is 25.1 Å². The molecule has 0 saturated heterocycles. The summed E-state index contributed by atoms with van der Waals surface area (Å²) in [5, 5.41) is 8.97. The lowest BCUT2D eigenvalue weighted by Gasteiger charge is -2.26. The van der Waals surface area contributed by atoms with Gasteiger partial charge in [0.1, 0.15) is 5.75 Å². The van der Waals surface area contributed by atoms with Gasteiger partial charge >= 0.3 is 6.36 Å². The fraction of sp³-hybridized carbons (Fsp3) is 0.455. The van der Waals surface area contributed by atoms with E-state index in [1.54, 1.807) is 0 Å². The number of aliphatic hydroxyl groups excluding tert-OH is 1. The SMILES string of the molecule is C[C@@](CO)(c1ccc(OC(F)(F)F)cc1)C(F)F. The summed E-state index contributed by atoms with van der Waals surface area (Å²) in [5.74, 6) is -0.499. The normalized spacial score (nSPS) is 15.6. The molecule has 0 aliphatic carbocycles. The lowest BCUT2D eigenvalue weighted by Crippen LogP contribution is -2.34. The van der Waals surface area contributed by atoms with E-state index < -0.39 is 30.6 Å². The second-order valence-corrected chi connectivity index (χ2v) is 3.95. The van der Waals surface area contributed by atoms with Crippen molar-refractivity contribution in [3.8, 4) is 5.75 Å². The van der Waals surface area contributed by atoms with Gasteiger partial charge in [-0.1, -0.05) is 12.1 Å². The van der Waals surface area contributed by atoms with Gasteiger partial charge in [-0.2, -0.15) is 0 Å². The summed E-state index contributed by atoms with van der Waals surface area (Å²) < 4.78 is 64.8. The van der Waals surface area contributed by atoms with Gasteiger partial charge < -0.3 is 9.84 Å². The van der Waals surface area contributed by atoms with Gasteiger partial charge in [0, 0.05) is 0 Å². The van der Waals surface area contributed by atoms with Gasteiger partial charge in [-0.3, -0.25) is 0 Å². The maximum absolute atomic E-state index is 12.8. The summed E-state index contributed by atoms with van der Waals surface area (Å²) in [6.45, 7) is 0.307. The molecule has 0 amide bonds. The average molecular weight is 270 g/mol. The maximum Gasteiger partial charge on any atom is 0.573 e. The van der Waals surface area contributed by atoms with Crippen LogP contribution >= 0.6 is 0 Å². The summed E-state index contributed by atoms with van der Waals surface area (Å²) in [7, 11) is 0. The third-order valence-corrected chi connectivity index (χ3v) is 2.56. The largest absolute Gasteiger partial charge is 0.573 e. The molecule has 0 aliphatic rings. The van der Waals surface area contributed by atoms with Crippen molar-refractivity contribution in [3.05, 3.63) is 29.8 Å². The van der Waals surface area contributed by atoms with E-state index in [4.69, 9.17) is 5.11 Å². The van der Waals surface area contributed by atoms with Crippen LogP contribution in [0.4, 0.5) is 22.0 Å². The topological polar surface area (TPSA) is 29.5 Å². The van der Waals surface area contributed by atoms with Crippen LogP contribution in [0.5, 0.6) is 5.75 Å². The molecular formula is C11H11F5O2. The Morgan fingerprint density at radius 1 is 1.17 bits per heavy atom. The van der Waals surface area contributed by atoms with Crippen LogP contribution in [0.25, 0.3) is 0 Å². The molecule has 102 valence electrons. The minimum Gasteiger partial charge on any atom is -0.406 e. The summed E-state index contributed by atoms with van der Waals surface area (Å²) >= 11 is 0.